The zero-order chi connectivity index (χ0) is 23.6. The molecule has 0 aliphatic rings. The summed E-state index contributed by atoms with van der Waals surface area (Å²) in [6, 6.07) is 21.3. The van der Waals surface area contributed by atoms with E-state index in [1.165, 1.54) is 22.3 Å². The Morgan fingerprint density at radius 2 is 1.67 bits per heavy atom. The molecule has 3 nitrogen and oxygen atoms in total. The summed E-state index contributed by atoms with van der Waals surface area (Å²) in [4.78, 5) is 15.0. The van der Waals surface area contributed by atoms with Crippen molar-refractivity contribution in [3.05, 3.63) is 82.7 Å². The van der Waals surface area contributed by atoms with E-state index in [0.29, 0.717) is 10.6 Å². The zero-order valence-electron chi connectivity index (χ0n) is 17.3. The largest absolute Gasteiger partial charge is 0.506 e. The maximum Gasteiger partial charge on any atom is 0.389 e. The van der Waals surface area contributed by atoms with Crippen LogP contribution in [0.4, 0.5) is 18.9 Å². The molecule has 33 heavy (non-hydrogen) atoms. The monoisotopic (exact) mass is 489 g/mol. The van der Waals surface area contributed by atoms with Gasteiger partial charge in [-0.3, -0.25) is 4.79 Å². The average molecular weight is 490 g/mol. The Hall–Kier alpha value is -3.03. The van der Waals surface area contributed by atoms with Gasteiger partial charge in [0.05, 0.1) is 18.7 Å². The van der Waals surface area contributed by atoms with Crippen LogP contribution in [0.1, 0.15) is 17.7 Å². The molecule has 1 heterocycles. The molecule has 1 aromatic heterocycles. The van der Waals surface area contributed by atoms with E-state index in [0.717, 1.165) is 20.5 Å². The Morgan fingerprint density at radius 3 is 2.36 bits per heavy atom. The van der Waals surface area contributed by atoms with Gasteiger partial charge >= 0.3 is 6.18 Å². The first-order valence-corrected chi connectivity index (χ1v) is 11.3. The van der Waals surface area contributed by atoms with Crippen molar-refractivity contribution in [1.82, 2.24) is 0 Å². The standard InChI is InChI=1S/C25H19ClF3NO2S/c26-19-8-5-16(6-9-19)17-7-10-22(31)21(14-17)30(24(32)11-12-25(27,28)29)15-20-13-18-3-1-2-4-23(18)33-20/h1-10,13-14,31H,11-12,15H2. The molecule has 0 bridgehead atoms. The third-order valence-corrected chi connectivity index (χ3v) is 6.51. The van der Waals surface area contributed by atoms with Crippen molar-refractivity contribution in [2.45, 2.75) is 25.6 Å². The van der Waals surface area contributed by atoms with E-state index in [1.807, 2.05) is 30.3 Å². The highest BCUT2D eigenvalue weighted by Gasteiger charge is 2.30. The van der Waals surface area contributed by atoms with Crippen molar-refractivity contribution in [1.29, 1.82) is 0 Å². The number of thiophene rings is 1. The van der Waals surface area contributed by atoms with Crippen LogP contribution in [0.2, 0.25) is 5.02 Å². The van der Waals surface area contributed by atoms with Gasteiger partial charge in [0.1, 0.15) is 5.75 Å². The van der Waals surface area contributed by atoms with Gasteiger partial charge in [0, 0.05) is 21.0 Å². The molecule has 3 aromatic carbocycles. The van der Waals surface area contributed by atoms with Gasteiger partial charge in [-0.25, -0.2) is 0 Å². The Labute approximate surface area is 197 Å². The smallest absolute Gasteiger partial charge is 0.389 e. The number of carbonyl (C=O) groups is 1. The number of phenols is 1. The molecule has 1 amide bonds. The van der Waals surface area contributed by atoms with Crippen LogP contribution in [-0.4, -0.2) is 17.2 Å². The fraction of sp³-hybridized carbons (Fsp3) is 0.160. The predicted octanol–water partition coefficient (Wildman–Crippen LogP) is 7.80. The van der Waals surface area contributed by atoms with Crippen LogP contribution in [0.25, 0.3) is 21.2 Å². The molecule has 8 heteroatoms. The van der Waals surface area contributed by atoms with E-state index < -0.39 is 24.9 Å². The molecular weight excluding hydrogens is 471 g/mol. The Morgan fingerprint density at radius 1 is 0.970 bits per heavy atom. The number of fused-ring (bicyclic) bond motifs is 1. The SMILES string of the molecule is O=C(CCC(F)(F)F)N(Cc1cc2ccccc2s1)c1cc(-c2ccc(Cl)cc2)ccc1O. The molecule has 0 saturated heterocycles. The molecule has 0 aliphatic carbocycles. The van der Waals surface area contributed by atoms with Gasteiger partial charge in [-0.15, -0.1) is 11.3 Å². The third-order valence-electron chi connectivity index (χ3n) is 5.16. The molecule has 4 rings (SSSR count). The lowest BCUT2D eigenvalue weighted by molar-refractivity contribution is -0.143. The summed E-state index contributed by atoms with van der Waals surface area (Å²) in [6.45, 7) is 0.0493. The lowest BCUT2D eigenvalue weighted by atomic mass is 10.0. The van der Waals surface area contributed by atoms with Gasteiger partial charge < -0.3 is 10.0 Å². The number of hydrogen-bond acceptors (Lipinski definition) is 3. The number of halogens is 4. The first-order chi connectivity index (χ1) is 15.7. The Bertz CT molecular complexity index is 1250. The van der Waals surface area contributed by atoms with Crippen molar-refractivity contribution in [2.24, 2.45) is 0 Å². The summed E-state index contributed by atoms with van der Waals surface area (Å²) in [5.41, 5.74) is 1.65. The maximum absolute atomic E-state index is 13.0. The predicted molar refractivity (Wildman–Crippen MR) is 127 cm³/mol. The molecule has 0 unspecified atom stereocenters. The summed E-state index contributed by atoms with van der Waals surface area (Å²) in [5.74, 6) is -0.900. The van der Waals surface area contributed by atoms with Crippen LogP contribution in [0.3, 0.4) is 0 Å². The molecule has 0 fully saturated rings. The van der Waals surface area contributed by atoms with Crippen LogP contribution >= 0.6 is 22.9 Å². The highest BCUT2D eigenvalue weighted by molar-refractivity contribution is 7.19. The van der Waals surface area contributed by atoms with Crippen molar-refractivity contribution in [3.8, 4) is 16.9 Å². The first kappa shape index (κ1) is 23.1. The van der Waals surface area contributed by atoms with Crippen molar-refractivity contribution in [2.75, 3.05) is 4.90 Å². The highest BCUT2D eigenvalue weighted by atomic mass is 35.5. The van der Waals surface area contributed by atoms with Crippen molar-refractivity contribution >= 4 is 44.6 Å². The van der Waals surface area contributed by atoms with Crippen LogP contribution < -0.4 is 4.90 Å². The molecule has 0 atom stereocenters. The fourth-order valence-electron chi connectivity index (χ4n) is 3.52. The van der Waals surface area contributed by atoms with Crippen LogP contribution in [0, 0.1) is 0 Å². The highest BCUT2D eigenvalue weighted by Crippen LogP contribution is 2.36. The van der Waals surface area contributed by atoms with Gasteiger partial charge in [-0.05, 0) is 52.9 Å². The van der Waals surface area contributed by atoms with Gasteiger partial charge in [0.15, 0.2) is 0 Å². The van der Waals surface area contributed by atoms with E-state index in [1.54, 1.807) is 36.4 Å². The third kappa shape index (κ3) is 5.67. The number of hydrogen-bond donors (Lipinski definition) is 1. The number of alkyl halides is 3. The quantitative estimate of drug-likeness (QED) is 0.300. The lowest BCUT2D eigenvalue weighted by Crippen LogP contribution is -2.31. The summed E-state index contributed by atoms with van der Waals surface area (Å²) in [5, 5.41) is 12.1. The molecule has 4 aromatic rings. The summed E-state index contributed by atoms with van der Waals surface area (Å²) >= 11 is 7.42. The minimum atomic E-state index is -4.45. The number of aromatic hydroxyl groups is 1. The molecule has 0 aliphatic heterocycles. The van der Waals surface area contributed by atoms with E-state index in [-0.39, 0.29) is 18.0 Å². The molecule has 170 valence electrons. The van der Waals surface area contributed by atoms with Gasteiger partial charge in [0.2, 0.25) is 5.91 Å². The first-order valence-electron chi connectivity index (χ1n) is 10.1. The Balaban J connectivity index is 1.72. The summed E-state index contributed by atoms with van der Waals surface area (Å²) < 4.78 is 39.5. The topological polar surface area (TPSA) is 40.5 Å². The summed E-state index contributed by atoms with van der Waals surface area (Å²) in [7, 11) is 0. The minimum absolute atomic E-state index is 0.0493. The Kier molecular flexibility index (Phi) is 6.63. The van der Waals surface area contributed by atoms with Crippen LogP contribution in [0.15, 0.2) is 72.8 Å². The normalized spacial score (nSPS) is 11.6. The second-order valence-electron chi connectivity index (χ2n) is 7.56. The van der Waals surface area contributed by atoms with E-state index in [2.05, 4.69) is 0 Å². The molecule has 0 saturated carbocycles. The maximum atomic E-state index is 13.0. The van der Waals surface area contributed by atoms with E-state index in [9.17, 15) is 23.1 Å². The number of carbonyl (C=O) groups excluding carboxylic acids is 1. The van der Waals surface area contributed by atoms with Gasteiger partial charge in [-0.1, -0.05) is 48.0 Å². The number of benzene rings is 3. The molecule has 0 radical (unpaired) electrons. The minimum Gasteiger partial charge on any atom is -0.506 e. The molecular formula is C25H19ClF3NO2S. The van der Waals surface area contributed by atoms with E-state index >= 15 is 0 Å². The van der Waals surface area contributed by atoms with Gasteiger partial charge in [-0.2, -0.15) is 13.2 Å². The van der Waals surface area contributed by atoms with Crippen molar-refractivity contribution < 1.29 is 23.1 Å². The van der Waals surface area contributed by atoms with Gasteiger partial charge in [0.25, 0.3) is 0 Å². The molecule has 1 N–H and O–H groups in total. The average Bonchev–Trinajstić information content (AvgIpc) is 3.19. The number of rotatable bonds is 6. The second kappa shape index (κ2) is 9.45. The van der Waals surface area contributed by atoms with Crippen LogP contribution in [-0.2, 0) is 11.3 Å². The van der Waals surface area contributed by atoms with Crippen molar-refractivity contribution in [3.63, 3.8) is 0 Å². The molecule has 0 spiro atoms. The number of nitrogens with zero attached hydrogens (tertiary/aromatic N) is 1. The zero-order valence-corrected chi connectivity index (χ0v) is 18.8. The van der Waals surface area contributed by atoms with Crippen LogP contribution in [0.5, 0.6) is 5.75 Å². The second-order valence-corrected chi connectivity index (χ2v) is 9.16. The lowest BCUT2D eigenvalue weighted by Gasteiger charge is -2.24. The summed E-state index contributed by atoms with van der Waals surface area (Å²) in [6.07, 6.45) is -6.39. The van der Waals surface area contributed by atoms with E-state index in [4.69, 9.17) is 11.6 Å². The fourth-order valence-corrected chi connectivity index (χ4v) is 4.70. The number of amides is 1. The number of phenolic OH excluding ortho intramolecular Hbond substituents is 1. The number of anilines is 1.